The first-order valence-electron chi connectivity index (χ1n) is 10.8. The summed E-state index contributed by atoms with van der Waals surface area (Å²) < 4.78 is 0. The van der Waals surface area contributed by atoms with Crippen LogP contribution >= 0.6 is 0 Å². The number of amides is 2. The summed E-state index contributed by atoms with van der Waals surface area (Å²) >= 11 is 0. The minimum atomic E-state index is 0.296. The van der Waals surface area contributed by atoms with Crippen molar-refractivity contribution in [3.63, 3.8) is 0 Å². The minimum absolute atomic E-state index is 0.296. The highest BCUT2D eigenvalue weighted by molar-refractivity contribution is 5.83. The number of fused-ring (bicyclic) bond motifs is 5. The number of benzene rings is 1. The second kappa shape index (κ2) is 7.26. The predicted octanol–water partition coefficient (Wildman–Crippen LogP) is 3.35. The normalized spacial score (nSPS) is 27.1. The van der Waals surface area contributed by atoms with E-state index in [9.17, 15) is 9.59 Å². The second-order valence-electron chi connectivity index (χ2n) is 8.88. The van der Waals surface area contributed by atoms with Gasteiger partial charge in [-0.2, -0.15) is 0 Å². The standard InChI is InChI=1S/C23H29N3O2/c27-22(9-3-5-17-12-24-20-7-2-1-6-19(17)20)25-13-16-11-18(15-25)21-8-4-10-23(28)26(21)14-16/h1-2,6-7,12,16,18,21,24H,3-5,8-11,13-15H2/t16-,18+,21?/m1/s1. The summed E-state index contributed by atoms with van der Waals surface area (Å²) in [6.07, 6.45) is 8.55. The Morgan fingerprint density at radius 3 is 3.00 bits per heavy atom. The van der Waals surface area contributed by atoms with E-state index in [4.69, 9.17) is 0 Å². The number of para-hydroxylation sites is 1. The van der Waals surface area contributed by atoms with E-state index in [0.29, 0.717) is 42.5 Å². The minimum Gasteiger partial charge on any atom is -0.361 e. The Bertz CT molecular complexity index is 889. The van der Waals surface area contributed by atoms with E-state index in [1.165, 1.54) is 22.9 Å². The van der Waals surface area contributed by atoms with Crippen molar-refractivity contribution in [1.82, 2.24) is 14.8 Å². The average molecular weight is 380 g/mol. The lowest BCUT2D eigenvalue weighted by Crippen LogP contribution is -2.61. The quantitative estimate of drug-likeness (QED) is 0.886. The third kappa shape index (κ3) is 3.21. The second-order valence-corrected chi connectivity index (χ2v) is 8.88. The van der Waals surface area contributed by atoms with Gasteiger partial charge in [0, 0.05) is 55.6 Å². The lowest BCUT2D eigenvalue weighted by molar-refractivity contribution is -0.148. The maximum absolute atomic E-state index is 12.9. The number of carbonyl (C=O) groups excluding carboxylic acids is 2. The van der Waals surface area contributed by atoms with Gasteiger partial charge in [0.2, 0.25) is 11.8 Å². The Morgan fingerprint density at radius 2 is 2.07 bits per heavy atom. The number of hydrogen-bond donors (Lipinski definition) is 1. The van der Waals surface area contributed by atoms with Gasteiger partial charge in [-0.25, -0.2) is 0 Å². The lowest BCUT2D eigenvalue weighted by atomic mass is 9.76. The zero-order valence-electron chi connectivity index (χ0n) is 16.4. The van der Waals surface area contributed by atoms with Gasteiger partial charge in [0.1, 0.15) is 0 Å². The van der Waals surface area contributed by atoms with Crippen LogP contribution in [0.5, 0.6) is 0 Å². The zero-order valence-corrected chi connectivity index (χ0v) is 16.4. The highest BCUT2D eigenvalue weighted by atomic mass is 16.2. The Balaban J connectivity index is 1.18. The van der Waals surface area contributed by atoms with Crippen molar-refractivity contribution in [2.24, 2.45) is 11.8 Å². The molecule has 1 N–H and O–H groups in total. The van der Waals surface area contributed by atoms with E-state index >= 15 is 0 Å². The number of piperidine rings is 3. The van der Waals surface area contributed by atoms with Crippen molar-refractivity contribution < 1.29 is 9.59 Å². The number of H-pyrrole nitrogens is 1. The molecule has 0 saturated carbocycles. The Kier molecular flexibility index (Phi) is 4.61. The lowest BCUT2D eigenvalue weighted by Gasteiger charge is -2.52. The molecule has 4 heterocycles. The number of aromatic nitrogens is 1. The van der Waals surface area contributed by atoms with Crippen molar-refractivity contribution in [2.75, 3.05) is 19.6 Å². The molecule has 3 atom stereocenters. The molecule has 0 spiro atoms. The molecule has 0 radical (unpaired) electrons. The van der Waals surface area contributed by atoms with Crippen LogP contribution in [0.4, 0.5) is 0 Å². The molecule has 1 unspecified atom stereocenters. The van der Waals surface area contributed by atoms with Gasteiger partial charge in [0.15, 0.2) is 0 Å². The third-order valence-electron chi connectivity index (χ3n) is 7.04. The van der Waals surface area contributed by atoms with E-state index in [1.807, 2.05) is 6.07 Å². The third-order valence-corrected chi connectivity index (χ3v) is 7.04. The summed E-state index contributed by atoms with van der Waals surface area (Å²) in [6.45, 7) is 2.54. The first kappa shape index (κ1) is 17.8. The van der Waals surface area contributed by atoms with Crippen molar-refractivity contribution in [3.8, 4) is 0 Å². The van der Waals surface area contributed by atoms with Gasteiger partial charge in [-0.15, -0.1) is 0 Å². The molecule has 2 amide bonds. The largest absolute Gasteiger partial charge is 0.361 e. The molecule has 2 aromatic rings. The van der Waals surface area contributed by atoms with Gasteiger partial charge < -0.3 is 14.8 Å². The molecular formula is C23H29N3O2. The van der Waals surface area contributed by atoms with Gasteiger partial charge >= 0.3 is 0 Å². The Labute approximate surface area is 166 Å². The molecule has 1 aromatic heterocycles. The number of aryl methyl sites for hydroxylation is 1. The van der Waals surface area contributed by atoms with Crippen LogP contribution in [0.25, 0.3) is 10.9 Å². The van der Waals surface area contributed by atoms with E-state index < -0.39 is 0 Å². The smallest absolute Gasteiger partial charge is 0.222 e. The van der Waals surface area contributed by atoms with Crippen molar-refractivity contribution in [3.05, 3.63) is 36.0 Å². The predicted molar refractivity (Wildman–Crippen MR) is 109 cm³/mol. The van der Waals surface area contributed by atoms with Crippen LogP contribution in [-0.4, -0.2) is 52.3 Å². The summed E-state index contributed by atoms with van der Waals surface area (Å²) in [5.41, 5.74) is 2.47. The number of likely N-dealkylation sites (tertiary alicyclic amines) is 1. The molecule has 28 heavy (non-hydrogen) atoms. The molecule has 5 nitrogen and oxygen atoms in total. The molecule has 2 bridgehead atoms. The maximum Gasteiger partial charge on any atom is 0.222 e. The average Bonchev–Trinajstić information content (AvgIpc) is 3.12. The summed E-state index contributed by atoms with van der Waals surface area (Å²) in [6, 6.07) is 8.72. The van der Waals surface area contributed by atoms with Crippen LogP contribution in [0, 0.1) is 11.8 Å². The first-order chi connectivity index (χ1) is 13.7. The fraction of sp³-hybridized carbons (Fsp3) is 0.565. The SMILES string of the molecule is O=C(CCCc1c[nH]c2ccccc12)N1C[C@H]2C[C@@H](C1)C1CCCC(=O)N1C2. The summed E-state index contributed by atoms with van der Waals surface area (Å²) in [7, 11) is 0. The monoisotopic (exact) mass is 379 g/mol. The van der Waals surface area contributed by atoms with Gasteiger partial charge in [-0.1, -0.05) is 18.2 Å². The number of nitrogens with zero attached hydrogens (tertiary/aromatic N) is 2. The summed E-state index contributed by atoms with van der Waals surface area (Å²) in [5.74, 6) is 1.58. The number of aromatic amines is 1. The van der Waals surface area contributed by atoms with E-state index in [0.717, 1.165) is 45.3 Å². The van der Waals surface area contributed by atoms with Crippen LogP contribution in [0.3, 0.4) is 0 Å². The number of nitrogens with one attached hydrogen (secondary N) is 1. The van der Waals surface area contributed by atoms with Crippen molar-refractivity contribution >= 4 is 22.7 Å². The van der Waals surface area contributed by atoms with Gasteiger partial charge in [-0.3, -0.25) is 9.59 Å². The topological polar surface area (TPSA) is 56.4 Å². The zero-order chi connectivity index (χ0) is 19.1. The Hall–Kier alpha value is -2.30. The highest BCUT2D eigenvalue weighted by Gasteiger charge is 2.44. The number of rotatable bonds is 4. The number of hydrogen-bond acceptors (Lipinski definition) is 2. The first-order valence-corrected chi connectivity index (χ1v) is 10.8. The van der Waals surface area contributed by atoms with E-state index in [1.54, 1.807) is 0 Å². The van der Waals surface area contributed by atoms with Crippen LogP contribution in [0.2, 0.25) is 0 Å². The molecule has 148 valence electrons. The summed E-state index contributed by atoms with van der Waals surface area (Å²) in [4.78, 5) is 32.7. The molecule has 3 fully saturated rings. The number of carbonyl (C=O) groups is 2. The fourth-order valence-corrected chi connectivity index (χ4v) is 5.74. The molecule has 3 aliphatic heterocycles. The highest BCUT2D eigenvalue weighted by Crippen LogP contribution is 2.38. The van der Waals surface area contributed by atoms with Crippen LogP contribution < -0.4 is 0 Å². The van der Waals surface area contributed by atoms with Gasteiger partial charge in [0.25, 0.3) is 0 Å². The Morgan fingerprint density at radius 1 is 1.18 bits per heavy atom. The van der Waals surface area contributed by atoms with E-state index in [2.05, 4.69) is 39.2 Å². The molecule has 3 aliphatic rings. The summed E-state index contributed by atoms with van der Waals surface area (Å²) in [5, 5.41) is 1.27. The molecule has 1 aromatic carbocycles. The van der Waals surface area contributed by atoms with Gasteiger partial charge in [0.05, 0.1) is 0 Å². The van der Waals surface area contributed by atoms with Crippen LogP contribution in [0.15, 0.2) is 30.5 Å². The molecular weight excluding hydrogens is 350 g/mol. The van der Waals surface area contributed by atoms with Crippen LogP contribution in [0.1, 0.15) is 44.1 Å². The van der Waals surface area contributed by atoms with Gasteiger partial charge in [-0.05, 0) is 55.6 Å². The molecule has 5 heteroatoms. The molecule has 3 saturated heterocycles. The van der Waals surface area contributed by atoms with Crippen LogP contribution in [-0.2, 0) is 16.0 Å². The molecule has 5 rings (SSSR count). The molecule has 0 aliphatic carbocycles. The van der Waals surface area contributed by atoms with E-state index in [-0.39, 0.29) is 0 Å². The van der Waals surface area contributed by atoms with Crippen molar-refractivity contribution in [2.45, 2.75) is 51.0 Å². The maximum atomic E-state index is 12.9. The fourth-order valence-electron chi connectivity index (χ4n) is 5.74. The van der Waals surface area contributed by atoms with Crippen molar-refractivity contribution in [1.29, 1.82) is 0 Å².